The van der Waals surface area contributed by atoms with E-state index in [2.05, 4.69) is 10.6 Å². The minimum Gasteiger partial charge on any atom is -0.338 e. The Balaban J connectivity index is 0.00000353. The molecule has 3 fully saturated rings. The number of piperidine rings is 2. The lowest BCUT2D eigenvalue weighted by Gasteiger charge is -2.37. The van der Waals surface area contributed by atoms with Gasteiger partial charge in [0.2, 0.25) is 23.8 Å². The molecule has 0 radical (unpaired) electrons. The van der Waals surface area contributed by atoms with Gasteiger partial charge in [-0.3, -0.25) is 4.79 Å². The summed E-state index contributed by atoms with van der Waals surface area (Å²) in [6.45, 7) is 2.46. The molecule has 1 aromatic carbocycles. The fourth-order valence-corrected chi connectivity index (χ4v) is 5.75. The first-order valence-electron chi connectivity index (χ1n) is 13.8. The van der Waals surface area contributed by atoms with Crippen LogP contribution in [0.25, 0.3) is 0 Å². The Morgan fingerprint density at radius 2 is 1.18 bits per heavy atom. The third-order valence-electron chi connectivity index (χ3n) is 7.59. The van der Waals surface area contributed by atoms with E-state index >= 15 is 0 Å². The molecule has 12 nitrogen and oxygen atoms in total. The van der Waals surface area contributed by atoms with Crippen LogP contribution in [-0.2, 0) is 4.79 Å². The Morgan fingerprint density at radius 3 is 1.67 bits per heavy atom. The molecule has 3 aliphatic rings. The molecule has 2 aromatic rings. The van der Waals surface area contributed by atoms with Crippen LogP contribution in [0.3, 0.4) is 0 Å². The second-order valence-corrected chi connectivity index (χ2v) is 11.1. The Bertz CT molecular complexity index is 1030. The van der Waals surface area contributed by atoms with E-state index in [4.69, 9.17) is 37.9 Å². The number of nitrogens with zero attached hydrogens (tertiary/aromatic N) is 5. The molecular formula is C26H42ClN11O. The summed E-state index contributed by atoms with van der Waals surface area (Å²) in [6.07, 6.45) is 6.94. The van der Waals surface area contributed by atoms with Crippen LogP contribution in [0.4, 0.5) is 29.2 Å². The first-order chi connectivity index (χ1) is 18.3. The number of nitrogens with two attached hydrogens (primary N) is 4. The molecular weight excluding hydrogens is 518 g/mol. The SMILES string of the molecule is Cl.N[C@@H]1C[C@H](N)CN(c2nc(Nc3ccc(NC(=O)C4CCCCC4)cc3)nc(N3C[C@H](N)C[C@H](N)C3)n2)C1. The van der Waals surface area contributed by atoms with Gasteiger partial charge in [0.1, 0.15) is 0 Å². The van der Waals surface area contributed by atoms with E-state index in [0.29, 0.717) is 44.0 Å². The molecule has 4 atom stereocenters. The standard InChI is InChI=1S/C26H41N11O.ClH/c27-17-10-18(28)13-36(12-17)25-33-24(34-26(35-25)37-14-19(29)11-20(30)15-37)32-22-8-6-21(7-9-22)31-23(38)16-4-2-1-3-5-16;/h6-9,16-20H,1-5,10-15,27-30H2,(H,31,38)(H,32,33,34,35);1H/t17-,18+,19-,20+;. The van der Waals surface area contributed by atoms with Gasteiger partial charge in [-0.2, -0.15) is 15.0 Å². The number of benzene rings is 1. The molecule has 13 heteroatoms. The number of hydrogen-bond acceptors (Lipinski definition) is 11. The van der Waals surface area contributed by atoms with Crippen molar-refractivity contribution in [2.75, 3.05) is 46.6 Å². The molecule has 2 aliphatic heterocycles. The summed E-state index contributed by atoms with van der Waals surface area (Å²) in [5.74, 6) is 1.66. The Labute approximate surface area is 236 Å². The number of amides is 1. The highest BCUT2D eigenvalue weighted by molar-refractivity contribution is 5.92. The van der Waals surface area contributed by atoms with Crippen LogP contribution in [0.2, 0.25) is 0 Å². The molecule has 39 heavy (non-hydrogen) atoms. The van der Waals surface area contributed by atoms with Crippen LogP contribution in [-0.4, -0.2) is 71.2 Å². The van der Waals surface area contributed by atoms with Crippen LogP contribution in [0.15, 0.2) is 24.3 Å². The van der Waals surface area contributed by atoms with Crippen LogP contribution in [0.1, 0.15) is 44.9 Å². The van der Waals surface area contributed by atoms with Gasteiger partial charge < -0.3 is 43.4 Å². The zero-order chi connectivity index (χ0) is 26.6. The number of halogens is 1. The summed E-state index contributed by atoms with van der Waals surface area (Å²) in [7, 11) is 0. The highest BCUT2D eigenvalue weighted by Crippen LogP contribution is 2.27. The lowest BCUT2D eigenvalue weighted by Crippen LogP contribution is -2.54. The summed E-state index contributed by atoms with van der Waals surface area (Å²) < 4.78 is 0. The maximum Gasteiger partial charge on any atom is 0.233 e. The molecule has 0 bridgehead atoms. The van der Waals surface area contributed by atoms with Crippen LogP contribution < -0.4 is 43.4 Å². The van der Waals surface area contributed by atoms with Gasteiger partial charge in [-0.05, 0) is 49.9 Å². The van der Waals surface area contributed by atoms with Gasteiger partial charge in [-0.15, -0.1) is 12.4 Å². The maximum atomic E-state index is 12.6. The Hall–Kier alpha value is -2.77. The molecule has 1 aliphatic carbocycles. The fraction of sp³-hybridized carbons (Fsp3) is 0.615. The summed E-state index contributed by atoms with van der Waals surface area (Å²) in [5.41, 5.74) is 26.6. The maximum absolute atomic E-state index is 12.6. The van der Waals surface area contributed by atoms with E-state index in [-0.39, 0.29) is 48.4 Å². The molecule has 1 amide bonds. The summed E-state index contributed by atoms with van der Waals surface area (Å²) >= 11 is 0. The molecule has 1 saturated carbocycles. The van der Waals surface area contributed by atoms with E-state index in [1.54, 1.807) is 0 Å². The van der Waals surface area contributed by atoms with Crippen molar-refractivity contribution in [3.8, 4) is 0 Å². The normalized spacial score (nSPS) is 26.1. The number of aromatic nitrogens is 3. The summed E-state index contributed by atoms with van der Waals surface area (Å²) in [4.78, 5) is 30.8. The van der Waals surface area contributed by atoms with Gasteiger partial charge in [0, 0.05) is 67.6 Å². The zero-order valence-electron chi connectivity index (χ0n) is 22.3. The second kappa shape index (κ2) is 13.1. The number of hydrogen-bond donors (Lipinski definition) is 6. The minimum absolute atomic E-state index is 0. The number of anilines is 5. The minimum atomic E-state index is -0.0522. The van der Waals surface area contributed by atoms with Crippen molar-refractivity contribution in [1.82, 2.24) is 15.0 Å². The number of carbonyl (C=O) groups is 1. The van der Waals surface area contributed by atoms with Crippen molar-refractivity contribution in [2.24, 2.45) is 28.9 Å². The van der Waals surface area contributed by atoms with Gasteiger partial charge in [0.25, 0.3) is 0 Å². The average molecular weight is 560 g/mol. The summed E-state index contributed by atoms with van der Waals surface area (Å²) in [5, 5.41) is 6.35. The molecule has 0 unspecified atom stereocenters. The summed E-state index contributed by atoms with van der Waals surface area (Å²) in [6, 6.07) is 7.37. The Morgan fingerprint density at radius 1 is 0.718 bits per heavy atom. The molecule has 0 spiro atoms. The number of rotatable bonds is 6. The van der Waals surface area contributed by atoms with Crippen molar-refractivity contribution < 1.29 is 4.79 Å². The van der Waals surface area contributed by atoms with Crippen molar-refractivity contribution >= 4 is 47.5 Å². The van der Waals surface area contributed by atoms with E-state index in [0.717, 1.165) is 49.9 Å². The van der Waals surface area contributed by atoms with Gasteiger partial charge in [0.05, 0.1) is 0 Å². The zero-order valence-corrected chi connectivity index (χ0v) is 23.2. The van der Waals surface area contributed by atoms with Gasteiger partial charge >= 0.3 is 0 Å². The number of nitrogens with one attached hydrogen (secondary N) is 2. The lowest BCUT2D eigenvalue weighted by molar-refractivity contribution is -0.120. The van der Waals surface area contributed by atoms with Gasteiger partial charge in [0.15, 0.2) is 0 Å². The molecule has 3 heterocycles. The van der Waals surface area contributed by atoms with E-state index in [1.165, 1.54) is 6.42 Å². The van der Waals surface area contributed by atoms with E-state index in [9.17, 15) is 4.79 Å². The third kappa shape index (κ3) is 7.67. The quantitative estimate of drug-likeness (QED) is 0.299. The highest BCUT2D eigenvalue weighted by atomic mass is 35.5. The molecule has 10 N–H and O–H groups in total. The van der Waals surface area contributed by atoms with Crippen molar-refractivity contribution in [3.05, 3.63) is 24.3 Å². The topological polar surface area (TPSA) is 190 Å². The van der Waals surface area contributed by atoms with Crippen LogP contribution >= 0.6 is 12.4 Å². The lowest BCUT2D eigenvalue weighted by atomic mass is 9.88. The average Bonchev–Trinajstić information content (AvgIpc) is 2.89. The smallest absolute Gasteiger partial charge is 0.233 e. The predicted molar refractivity (Wildman–Crippen MR) is 158 cm³/mol. The van der Waals surface area contributed by atoms with E-state index < -0.39 is 0 Å². The molecule has 214 valence electrons. The molecule has 5 rings (SSSR count). The van der Waals surface area contributed by atoms with Crippen LogP contribution in [0, 0.1) is 5.92 Å². The molecule has 2 saturated heterocycles. The fourth-order valence-electron chi connectivity index (χ4n) is 5.75. The van der Waals surface area contributed by atoms with Crippen molar-refractivity contribution in [1.29, 1.82) is 0 Å². The first kappa shape index (κ1) is 29.2. The van der Waals surface area contributed by atoms with Crippen molar-refractivity contribution in [2.45, 2.75) is 69.1 Å². The predicted octanol–water partition coefficient (Wildman–Crippen LogP) is 1.29. The monoisotopic (exact) mass is 559 g/mol. The molecule has 1 aromatic heterocycles. The first-order valence-corrected chi connectivity index (χ1v) is 13.8. The third-order valence-corrected chi connectivity index (χ3v) is 7.59. The van der Waals surface area contributed by atoms with Crippen LogP contribution in [0.5, 0.6) is 0 Å². The number of carbonyl (C=O) groups excluding carboxylic acids is 1. The van der Waals surface area contributed by atoms with Gasteiger partial charge in [-0.25, -0.2) is 0 Å². The highest BCUT2D eigenvalue weighted by Gasteiger charge is 2.29. The largest absolute Gasteiger partial charge is 0.338 e. The van der Waals surface area contributed by atoms with Gasteiger partial charge in [-0.1, -0.05) is 19.3 Å². The van der Waals surface area contributed by atoms with Crippen molar-refractivity contribution in [3.63, 3.8) is 0 Å². The van der Waals surface area contributed by atoms with E-state index in [1.807, 2.05) is 34.1 Å². The second-order valence-electron chi connectivity index (χ2n) is 11.1. The Kier molecular flexibility index (Phi) is 9.78.